The Morgan fingerprint density at radius 2 is 2.15 bits per heavy atom. The molecule has 1 heterocycles. The van der Waals surface area contributed by atoms with Crippen LogP contribution in [-0.2, 0) is 9.59 Å². The molecule has 2 aliphatic rings. The fraction of sp³-hybridized carbons (Fsp3) is 0.429. The number of rotatable bonds is 3. The molecule has 1 aliphatic heterocycles. The van der Waals surface area contributed by atoms with Gasteiger partial charge in [0.1, 0.15) is 11.2 Å². The average Bonchev–Trinajstić information content (AvgIpc) is 3.21. The Kier molecular flexibility index (Phi) is 3.20. The van der Waals surface area contributed by atoms with E-state index in [1.807, 2.05) is 0 Å². The highest BCUT2D eigenvalue weighted by Gasteiger charge is 2.57. The molecule has 1 saturated carbocycles. The second-order valence-corrected chi connectivity index (χ2v) is 6.37. The highest BCUT2D eigenvalue weighted by Crippen LogP contribution is 2.47. The zero-order chi connectivity index (χ0) is 14.3. The van der Waals surface area contributed by atoms with Crippen molar-refractivity contribution in [2.24, 2.45) is 5.41 Å². The molecule has 1 amide bonds. The van der Waals surface area contributed by atoms with E-state index in [4.69, 9.17) is 5.11 Å². The summed E-state index contributed by atoms with van der Waals surface area (Å²) in [5.41, 5.74) is -0.506. The van der Waals surface area contributed by atoms with Crippen LogP contribution in [-0.4, -0.2) is 22.7 Å². The van der Waals surface area contributed by atoms with Gasteiger partial charge in [-0.15, -0.1) is 11.8 Å². The first-order valence-electron chi connectivity index (χ1n) is 6.49. The molecule has 20 heavy (non-hydrogen) atoms. The van der Waals surface area contributed by atoms with Crippen molar-refractivity contribution in [2.45, 2.75) is 30.2 Å². The largest absolute Gasteiger partial charge is 0.480 e. The highest BCUT2D eigenvalue weighted by molar-refractivity contribution is 7.99. The molecule has 3 rings (SSSR count). The monoisotopic (exact) mass is 295 g/mol. The summed E-state index contributed by atoms with van der Waals surface area (Å²) in [4.78, 5) is 24.2. The van der Waals surface area contributed by atoms with Crippen LogP contribution < -0.4 is 5.32 Å². The zero-order valence-corrected chi connectivity index (χ0v) is 11.5. The van der Waals surface area contributed by atoms with Crippen LogP contribution in [0.4, 0.5) is 4.39 Å². The van der Waals surface area contributed by atoms with Crippen LogP contribution in [0, 0.1) is 11.2 Å². The third-order valence-electron chi connectivity index (χ3n) is 3.91. The van der Waals surface area contributed by atoms with E-state index in [0.29, 0.717) is 19.3 Å². The number of carbonyl (C=O) groups excluding carboxylic acids is 1. The maximum absolute atomic E-state index is 13.4. The summed E-state index contributed by atoms with van der Waals surface area (Å²) in [5, 5.41) is 11.9. The quantitative estimate of drug-likeness (QED) is 0.840. The van der Waals surface area contributed by atoms with E-state index in [0.717, 1.165) is 16.2 Å². The van der Waals surface area contributed by atoms with Gasteiger partial charge in [-0.05, 0) is 43.0 Å². The predicted molar refractivity (Wildman–Crippen MR) is 71.9 cm³/mol. The Morgan fingerprint density at radius 3 is 2.80 bits per heavy atom. The number of aliphatic carboxylic acids is 1. The third kappa shape index (κ3) is 2.18. The van der Waals surface area contributed by atoms with Crippen LogP contribution in [0.1, 0.15) is 30.9 Å². The summed E-state index contributed by atoms with van der Waals surface area (Å²) in [6.07, 6.45) is 1.44. The first-order valence-corrected chi connectivity index (χ1v) is 7.48. The van der Waals surface area contributed by atoms with Crippen molar-refractivity contribution in [1.82, 2.24) is 5.32 Å². The van der Waals surface area contributed by atoms with E-state index in [1.165, 1.54) is 12.1 Å². The molecule has 0 radical (unpaired) electrons. The number of benzene rings is 1. The zero-order valence-electron chi connectivity index (χ0n) is 10.7. The number of fused-ring (bicyclic) bond motifs is 1. The van der Waals surface area contributed by atoms with Crippen LogP contribution in [0.25, 0.3) is 0 Å². The molecule has 0 saturated heterocycles. The molecule has 1 aliphatic carbocycles. The summed E-state index contributed by atoms with van der Waals surface area (Å²) in [5.74, 6) is -1.04. The molecule has 0 unspecified atom stereocenters. The van der Waals surface area contributed by atoms with Gasteiger partial charge in [0.05, 0.1) is 6.04 Å². The van der Waals surface area contributed by atoms with Crippen molar-refractivity contribution < 1.29 is 19.1 Å². The molecular weight excluding hydrogens is 281 g/mol. The van der Waals surface area contributed by atoms with Gasteiger partial charge < -0.3 is 10.4 Å². The topological polar surface area (TPSA) is 66.4 Å². The van der Waals surface area contributed by atoms with Gasteiger partial charge in [0.2, 0.25) is 5.91 Å². The predicted octanol–water partition coefficient (Wildman–Crippen LogP) is 2.34. The number of hydrogen-bond donors (Lipinski definition) is 2. The number of carboxylic acid groups (broad SMARTS) is 1. The van der Waals surface area contributed by atoms with Gasteiger partial charge in [-0.3, -0.25) is 9.59 Å². The van der Waals surface area contributed by atoms with E-state index >= 15 is 0 Å². The maximum Gasteiger partial charge on any atom is 0.319 e. The second-order valence-electron chi connectivity index (χ2n) is 5.23. The average molecular weight is 295 g/mol. The van der Waals surface area contributed by atoms with E-state index in [9.17, 15) is 14.0 Å². The Labute approximate surface area is 119 Å². The van der Waals surface area contributed by atoms with Crippen LogP contribution in [0.3, 0.4) is 0 Å². The number of carboxylic acids is 1. The van der Waals surface area contributed by atoms with Crippen molar-refractivity contribution in [3.8, 4) is 0 Å². The minimum absolute atomic E-state index is 0.300. The van der Waals surface area contributed by atoms with E-state index in [2.05, 4.69) is 5.32 Å². The molecule has 2 N–H and O–H groups in total. The molecule has 1 fully saturated rings. The van der Waals surface area contributed by atoms with Gasteiger partial charge in [0, 0.05) is 10.6 Å². The lowest BCUT2D eigenvalue weighted by Gasteiger charge is -2.27. The van der Waals surface area contributed by atoms with Crippen molar-refractivity contribution in [3.63, 3.8) is 0 Å². The molecule has 106 valence electrons. The van der Waals surface area contributed by atoms with Crippen molar-refractivity contribution in [2.75, 3.05) is 5.75 Å². The molecule has 1 aromatic rings. The number of thioether (sulfide) groups is 1. The van der Waals surface area contributed by atoms with Gasteiger partial charge in [0.15, 0.2) is 0 Å². The molecule has 6 heteroatoms. The Morgan fingerprint density at radius 1 is 1.40 bits per heavy atom. The summed E-state index contributed by atoms with van der Waals surface area (Å²) >= 11 is 1.62. The maximum atomic E-state index is 13.4. The minimum atomic E-state index is -1.25. The number of nitrogens with one attached hydrogen (secondary N) is 1. The Bertz CT molecular complexity index is 586. The molecule has 0 bridgehead atoms. The molecular formula is C14H14FNO3S. The van der Waals surface area contributed by atoms with E-state index in [-0.39, 0.29) is 11.9 Å². The fourth-order valence-corrected chi connectivity index (χ4v) is 3.58. The van der Waals surface area contributed by atoms with Gasteiger partial charge in [0.25, 0.3) is 0 Å². The lowest BCUT2D eigenvalue weighted by Crippen LogP contribution is -2.40. The van der Waals surface area contributed by atoms with Gasteiger partial charge >= 0.3 is 5.97 Å². The van der Waals surface area contributed by atoms with Crippen LogP contribution in [0.5, 0.6) is 0 Å². The van der Waals surface area contributed by atoms with Crippen molar-refractivity contribution >= 4 is 23.6 Å². The summed E-state index contributed by atoms with van der Waals surface area (Å²) in [7, 11) is 0. The molecule has 1 aromatic carbocycles. The molecule has 1 atom stereocenters. The lowest BCUT2D eigenvalue weighted by atomic mass is 10.0. The SMILES string of the molecule is O=C(O)C1(C(=O)N[C@@H]2CCSc3ccc(F)cc32)CC1. The van der Waals surface area contributed by atoms with Crippen LogP contribution in [0.15, 0.2) is 23.1 Å². The van der Waals surface area contributed by atoms with Gasteiger partial charge in [-0.2, -0.15) is 0 Å². The minimum Gasteiger partial charge on any atom is -0.480 e. The van der Waals surface area contributed by atoms with Crippen LogP contribution >= 0.6 is 11.8 Å². The van der Waals surface area contributed by atoms with E-state index in [1.54, 1.807) is 17.8 Å². The molecule has 0 aromatic heterocycles. The summed E-state index contributed by atoms with van der Waals surface area (Å²) in [6, 6.07) is 4.23. The van der Waals surface area contributed by atoms with Crippen molar-refractivity contribution in [3.05, 3.63) is 29.6 Å². The number of carbonyl (C=O) groups is 2. The smallest absolute Gasteiger partial charge is 0.319 e. The normalized spacial score (nSPS) is 22.8. The molecule has 4 nitrogen and oxygen atoms in total. The third-order valence-corrected chi connectivity index (χ3v) is 5.03. The number of amides is 1. The molecule has 0 spiro atoms. The van der Waals surface area contributed by atoms with Gasteiger partial charge in [-0.25, -0.2) is 4.39 Å². The second kappa shape index (κ2) is 4.77. The fourth-order valence-electron chi connectivity index (χ4n) is 2.47. The lowest BCUT2D eigenvalue weighted by molar-refractivity contribution is -0.149. The highest BCUT2D eigenvalue weighted by atomic mass is 32.2. The summed E-state index contributed by atoms with van der Waals surface area (Å²) in [6.45, 7) is 0. The number of halogens is 1. The van der Waals surface area contributed by atoms with Gasteiger partial charge in [-0.1, -0.05) is 0 Å². The van der Waals surface area contributed by atoms with Crippen LogP contribution in [0.2, 0.25) is 0 Å². The first kappa shape index (κ1) is 13.4. The number of hydrogen-bond acceptors (Lipinski definition) is 3. The Balaban J connectivity index is 1.82. The Hall–Kier alpha value is -1.56. The van der Waals surface area contributed by atoms with E-state index < -0.39 is 17.3 Å². The first-order chi connectivity index (χ1) is 9.53. The standard InChI is InChI=1S/C14H14FNO3S/c15-8-1-2-11-9(7-8)10(3-6-20-11)16-12(17)14(4-5-14)13(18)19/h1-2,7,10H,3-6H2,(H,16,17)(H,18,19)/t10-/m1/s1. The summed E-state index contributed by atoms with van der Waals surface area (Å²) < 4.78 is 13.4. The van der Waals surface area contributed by atoms with Crippen molar-refractivity contribution in [1.29, 1.82) is 0 Å².